The van der Waals surface area contributed by atoms with Crippen LogP contribution in [0.4, 0.5) is 5.69 Å². The number of carbonyl (C=O) groups excluding carboxylic acids is 1. The predicted octanol–water partition coefficient (Wildman–Crippen LogP) is 2.55. The SMILES string of the molecule is C[C@H]1OCCN[C@@H]1C(=O)Nc1cccc(-c2nccs2)c1.Cl. The molecule has 1 saturated heterocycles. The summed E-state index contributed by atoms with van der Waals surface area (Å²) in [7, 11) is 0. The molecule has 0 spiro atoms. The van der Waals surface area contributed by atoms with Crippen molar-refractivity contribution < 1.29 is 9.53 Å². The highest BCUT2D eigenvalue weighted by molar-refractivity contribution is 7.13. The second-order valence-corrected chi connectivity index (χ2v) is 5.81. The van der Waals surface area contributed by atoms with E-state index in [0.717, 1.165) is 16.3 Å². The number of amides is 1. The fourth-order valence-corrected chi connectivity index (χ4v) is 2.98. The van der Waals surface area contributed by atoms with Crippen LogP contribution in [0.5, 0.6) is 0 Å². The highest BCUT2D eigenvalue weighted by Crippen LogP contribution is 2.24. The first-order chi connectivity index (χ1) is 10.2. The number of morpholine rings is 1. The lowest BCUT2D eigenvalue weighted by atomic mass is 10.1. The zero-order valence-electron chi connectivity index (χ0n) is 12.1. The van der Waals surface area contributed by atoms with Gasteiger partial charge in [0, 0.05) is 29.4 Å². The lowest BCUT2D eigenvalue weighted by molar-refractivity contribution is -0.123. The Bertz CT molecular complexity index is 621. The van der Waals surface area contributed by atoms with Gasteiger partial charge in [0.05, 0.1) is 12.7 Å². The lowest BCUT2D eigenvalue weighted by Gasteiger charge is -2.29. The average molecular weight is 340 g/mol. The standard InChI is InChI=1S/C15H17N3O2S.ClH/c1-10-13(16-5-7-20-10)14(19)18-12-4-2-3-11(9-12)15-17-6-8-21-15;/h2-4,6,8-10,13,16H,5,7H2,1H3,(H,18,19);1H/t10-,13+;/m1./s1. The van der Waals surface area contributed by atoms with Crippen LogP contribution in [-0.2, 0) is 9.53 Å². The number of ether oxygens (including phenoxy) is 1. The molecule has 118 valence electrons. The van der Waals surface area contributed by atoms with Gasteiger partial charge in [0.15, 0.2) is 0 Å². The Labute approximate surface area is 139 Å². The number of thiazole rings is 1. The second kappa shape index (κ2) is 7.69. The highest BCUT2D eigenvalue weighted by atomic mass is 35.5. The highest BCUT2D eigenvalue weighted by Gasteiger charge is 2.28. The molecule has 2 atom stereocenters. The molecule has 7 heteroatoms. The number of hydrogen-bond acceptors (Lipinski definition) is 5. The predicted molar refractivity (Wildman–Crippen MR) is 90.6 cm³/mol. The third kappa shape index (κ3) is 3.84. The van der Waals surface area contributed by atoms with Crippen molar-refractivity contribution in [2.45, 2.75) is 19.1 Å². The van der Waals surface area contributed by atoms with Crippen LogP contribution in [0.3, 0.4) is 0 Å². The van der Waals surface area contributed by atoms with Crippen LogP contribution in [0.1, 0.15) is 6.92 Å². The molecule has 22 heavy (non-hydrogen) atoms. The van der Waals surface area contributed by atoms with Crippen LogP contribution in [0.25, 0.3) is 10.6 Å². The number of anilines is 1. The van der Waals surface area contributed by atoms with Crippen LogP contribution in [0.2, 0.25) is 0 Å². The fraction of sp³-hybridized carbons (Fsp3) is 0.333. The third-order valence-electron chi connectivity index (χ3n) is 3.41. The van der Waals surface area contributed by atoms with Crippen molar-refractivity contribution in [3.63, 3.8) is 0 Å². The maximum Gasteiger partial charge on any atom is 0.244 e. The van der Waals surface area contributed by atoms with Crippen molar-refractivity contribution in [2.75, 3.05) is 18.5 Å². The summed E-state index contributed by atoms with van der Waals surface area (Å²) in [5.74, 6) is -0.0708. The first-order valence-corrected chi connectivity index (χ1v) is 7.78. The van der Waals surface area contributed by atoms with E-state index < -0.39 is 0 Å². The molecule has 1 aromatic heterocycles. The van der Waals surface area contributed by atoms with Crippen LogP contribution in [0, 0.1) is 0 Å². The van der Waals surface area contributed by atoms with Gasteiger partial charge in [0.1, 0.15) is 11.0 Å². The van der Waals surface area contributed by atoms with Gasteiger partial charge in [0.25, 0.3) is 0 Å². The summed E-state index contributed by atoms with van der Waals surface area (Å²) in [4.78, 5) is 16.6. The van der Waals surface area contributed by atoms with Gasteiger partial charge < -0.3 is 15.4 Å². The van der Waals surface area contributed by atoms with Crippen molar-refractivity contribution in [1.82, 2.24) is 10.3 Å². The minimum atomic E-state index is -0.317. The van der Waals surface area contributed by atoms with Crippen molar-refractivity contribution >= 4 is 35.3 Å². The van der Waals surface area contributed by atoms with Crippen molar-refractivity contribution in [2.24, 2.45) is 0 Å². The van der Waals surface area contributed by atoms with Crippen LogP contribution >= 0.6 is 23.7 Å². The quantitative estimate of drug-likeness (QED) is 0.902. The van der Waals surface area contributed by atoms with E-state index in [-0.39, 0.29) is 30.5 Å². The molecule has 1 aromatic carbocycles. The normalized spacial score (nSPS) is 21.0. The van der Waals surface area contributed by atoms with Crippen LogP contribution < -0.4 is 10.6 Å². The number of halogens is 1. The second-order valence-electron chi connectivity index (χ2n) is 4.92. The average Bonchev–Trinajstić information content (AvgIpc) is 3.02. The van der Waals surface area contributed by atoms with Crippen molar-refractivity contribution in [1.29, 1.82) is 0 Å². The molecule has 2 N–H and O–H groups in total. The van der Waals surface area contributed by atoms with E-state index in [1.54, 1.807) is 17.5 Å². The number of benzene rings is 1. The minimum Gasteiger partial charge on any atom is -0.375 e. The monoisotopic (exact) mass is 339 g/mol. The molecular weight excluding hydrogens is 322 g/mol. The van der Waals surface area contributed by atoms with Gasteiger partial charge >= 0.3 is 0 Å². The zero-order valence-corrected chi connectivity index (χ0v) is 13.7. The molecule has 1 amide bonds. The Hall–Kier alpha value is -1.47. The van der Waals surface area contributed by atoms with Crippen molar-refractivity contribution in [3.8, 4) is 10.6 Å². The number of nitrogens with one attached hydrogen (secondary N) is 2. The first-order valence-electron chi connectivity index (χ1n) is 6.90. The van der Waals surface area contributed by atoms with Crippen molar-refractivity contribution in [3.05, 3.63) is 35.8 Å². The summed E-state index contributed by atoms with van der Waals surface area (Å²) in [5.41, 5.74) is 1.77. The molecule has 1 aliphatic rings. The molecule has 1 fully saturated rings. The number of hydrogen-bond donors (Lipinski definition) is 2. The largest absolute Gasteiger partial charge is 0.375 e. The molecule has 5 nitrogen and oxygen atoms in total. The Morgan fingerprint density at radius 1 is 1.50 bits per heavy atom. The zero-order chi connectivity index (χ0) is 14.7. The number of aromatic nitrogens is 1. The van der Waals surface area contributed by atoms with Gasteiger partial charge in [-0.05, 0) is 19.1 Å². The summed E-state index contributed by atoms with van der Waals surface area (Å²) >= 11 is 1.58. The number of carbonyl (C=O) groups is 1. The summed E-state index contributed by atoms with van der Waals surface area (Å²) < 4.78 is 5.50. The Balaban J connectivity index is 0.00000176. The number of nitrogens with zero attached hydrogens (tertiary/aromatic N) is 1. The first kappa shape index (κ1) is 16.9. The smallest absolute Gasteiger partial charge is 0.244 e. The summed E-state index contributed by atoms with van der Waals surface area (Å²) in [6, 6.07) is 7.40. The van der Waals surface area contributed by atoms with E-state index in [1.165, 1.54) is 0 Å². The summed E-state index contributed by atoms with van der Waals surface area (Å²) in [6.45, 7) is 3.24. The molecule has 2 aromatic rings. The van der Waals surface area contributed by atoms with Crippen LogP contribution in [0.15, 0.2) is 35.8 Å². The minimum absolute atomic E-state index is 0. The fourth-order valence-electron chi connectivity index (χ4n) is 2.34. The molecule has 0 unspecified atom stereocenters. The topological polar surface area (TPSA) is 63.2 Å². The molecule has 0 aliphatic carbocycles. The van der Waals surface area contributed by atoms with E-state index >= 15 is 0 Å². The van der Waals surface area contributed by atoms with E-state index in [9.17, 15) is 4.79 Å². The summed E-state index contributed by atoms with van der Waals surface area (Å²) in [5, 5.41) is 9.00. The molecule has 2 heterocycles. The molecule has 0 bridgehead atoms. The molecular formula is C15H18ClN3O2S. The van der Waals surface area contributed by atoms with Gasteiger partial charge in [-0.1, -0.05) is 12.1 Å². The lowest BCUT2D eigenvalue weighted by Crippen LogP contribution is -2.53. The van der Waals surface area contributed by atoms with Gasteiger partial charge in [-0.3, -0.25) is 4.79 Å². The van der Waals surface area contributed by atoms with E-state index in [1.807, 2.05) is 36.6 Å². The third-order valence-corrected chi connectivity index (χ3v) is 4.23. The van der Waals surface area contributed by atoms with E-state index in [0.29, 0.717) is 13.2 Å². The van der Waals surface area contributed by atoms with E-state index in [2.05, 4.69) is 15.6 Å². The van der Waals surface area contributed by atoms with Gasteiger partial charge in [-0.15, -0.1) is 23.7 Å². The molecule has 1 aliphatic heterocycles. The van der Waals surface area contributed by atoms with Gasteiger partial charge in [-0.25, -0.2) is 4.98 Å². The maximum absolute atomic E-state index is 12.3. The Morgan fingerprint density at radius 3 is 3.09 bits per heavy atom. The van der Waals surface area contributed by atoms with Crippen LogP contribution in [-0.4, -0.2) is 36.2 Å². The summed E-state index contributed by atoms with van der Waals surface area (Å²) in [6.07, 6.45) is 1.65. The molecule has 0 saturated carbocycles. The van der Waals surface area contributed by atoms with E-state index in [4.69, 9.17) is 4.74 Å². The number of rotatable bonds is 3. The Morgan fingerprint density at radius 2 is 2.36 bits per heavy atom. The molecule has 0 radical (unpaired) electrons. The van der Waals surface area contributed by atoms with Gasteiger partial charge in [0.2, 0.25) is 5.91 Å². The Kier molecular flexibility index (Phi) is 5.90. The van der Waals surface area contributed by atoms with Gasteiger partial charge in [-0.2, -0.15) is 0 Å². The molecule has 3 rings (SSSR count). The maximum atomic E-state index is 12.3.